The summed E-state index contributed by atoms with van der Waals surface area (Å²) in [4.78, 5) is 22.7. The van der Waals surface area contributed by atoms with Crippen molar-refractivity contribution in [2.75, 3.05) is 7.11 Å². The minimum Gasteiger partial charge on any atom is -0.466 e. The maximum atomic E-state index is 11.7. The first-order valence-electron chi connectivity index (χ1n) is 6.21. The molecule has 0 spiro atoms. The van der Waals surface area contributed by atoms with E-state index in [-0.39, 0.29) is 18.0 Å². The van der Waals surface area contributed by atoms with Crippen LogP contribution in [0.4, 0.5) is 0 Å². The Morgan fingerprint density at radius 1 is 1.45 bits per heavy atom. The third kappa shape index (κ3) is 3.59. The molecule has 1 aromatic rings. The third-order valence-electron chi connectivity index (χ3n) is 2.75. The minimum absolute atomic E-state index is 0.135. The number of esters is 1. The topological polar surface area (TPSA) is 69.0 Å². The summed E-state index contributed by atoms with van der Waals surface area (Å²) in [6.07, 6.45) is 3.52. The summed E-state index contributed by atoms with van der Waals surface area (Å²) >= 11 is 0. The Hall–Kier alpha value is -2.32. The van der Waals surface area contributed by atoms with Gasteiger partial charge in [0.15, 0.2) is 5.76 Å². The van der Waals surface area contributed by atoms with E-state index in [0.29, 0.717) is 5.76 Å². The molecule has 5 heteroatoms. The zero-order valence-corrected chi connectivity index (χ0v) is 11.2. The van der Waals surface area contributed by atoms with Gasteiger partial charge in [0, 0.05) is 6.08 Å². The number of carbonyl (C=O) groups is 2. The maximum Gasteiger partial charge on any atom is 0.330 e. The second-order valence-electron chi connectivity index (χ2n) is 4.16. The first-order chi connectivity index (χ1) is 9.63. The van der Waals surface area contributed by atoms with E-state index >= 15 is 0 Å². The van der Waals surface area contributed by atoms with Crippen molar-refractivity contribution in [2.45, 2.75) is 25.6 Å². The van der Waals surface area contributed by atoms with Crippen molar-refractivity contribution in [1.29, 1.82) is 0 Å². The summed E-state index contributed by atoms with van der Waals surface area (Å²) in [5.74, 6) is 4.86. The van der Waals surface area contributed by atoms with Crippen LogP contribution >= 0.6 is 0 Å². The second-order valence-corrected chi connectivity index (χ2v) is 4.16. The lowest BCUT2D eigenvalue weighted by molar-refractivity contribution is -0.134. The predicted molar refractivity (Wildman–Crippen MR) is 70.8 cm³/mol. The van der Waals surface area contributed by atoms with Crippen molar-refractivity contribution < 1.29 is 23.5 Å². The molecule has 1 fully saturated rings. The fourth-order valence-corrected chi connectivity index (χ4v) is 1.56. The van der Waals surface area contributed by atoms with Gasteiger partial charge in [-0.1, -0.05) is 12.8 Å². The molecule has 2 heterocycles. The van der Waals surface area contributed by atoms with Crippen LogP contribution in [0.3, 0.4) is 0 Å². The van der Waals surface area contributed by atoms with Crippen LogP contribution in [-0.4, -0.2) is 31.1 Å². The molecule has 104 valence electrons. The van der Waals surface area contributed by atoms with Crippen LogP contribution in [0.15, 0.2) is 22.6 Å². The molecular formula is C15H14O5. The number of epoxide rings is 1. The number of carbonyl (C=O) groups excluding carboxylic acids is 2. The van der Waals surface area contributed by atoms with Gasteiger partial charge in [0.1, 0.15) is 11.9 Å². The van der Waals surface area contributed by atoms with Gasteiger partial charge in [-0.3, -0.25) is 4.79 Å². The molecule has 20 heavy (non-hydrogen) atoms. The van der Waals surface area contributed by atoms with E-state index in [1.165, 1.54) is 25.3 Å². The molecule has 0 aliphatic carbocycles. The number of rotatable bonds is 4. The van der Waals surface area contributed by atoms with Crippen LogP contribution < -0.4 is 0 Å². The summed E-state index contributed by atoms with van der Waals surface area (Å²) in [7, 11) is 1.28. The van der Waals surface area contributed by atoms with Crippen molar-refractivity contribution in [3.63, 3.8) is 0 Å². The lowest BCUT2D eigenvalue weighted by Gasteiger charge is -1.88. The Morgan fingerprint density at radius 3 is 2.90 bits per heavy atom. The Labute approximate surface area is 116 Å². The zero-order valence-electron chi connectivity index (χ0n) is 11.2. The van der Waals surface area contributed by atoms with Gasteiger partial charge in [-0.2, -0.15) is 0 Å². The summed E-state index contributed by atoms with van der Waals surface area (Å²) < 4.78 is 14.9. The Bertz CT molecular complexity index is 599. The molecular weight excluding hydrogens is 260 g/mol. The number of methoxy groups -OCH3 is 1. The van der Waals surface area contributed by atoms with E-state index in [1.54, 1.807) is 6.07 Å². The highest BCUT2D eigenvalue weighted by Gasteiger charge is 2.35. The average Bonchev–Trinajstić information content (AvgIpc) is 3.07. The molecule has 1 aromatic heterocycles. The van der Waals surface area contributed by atoms with Gasteiger partial charge in [0.2, 0.25) is 0 Å². The van der Waals surface area contributed by atoms with Gasteiger partial charge in [0.05, 0.1) is 13.2 Å². The van der Waals surface area contributed by atoms with Gasteiger partial charge in [-0.15, -0.1) is 0 Å². The smallest absolute Gasteiger partial charge is 0.330 e. The third-order valence-corrected chi connectivity index (χ3v) is 2.75. The van der Waals surface area contributed by atoms with Gasteiger partial charge in [0.25, 0.3) is 5.78 Å². The molecule has 0 amide bonds. The second kappa shape index (κ2) is 6.22. The summed E-state index contributed by atoms with van der Waals surface area (Å²) in [5.41, 5.74) is 0. The number of furan rings is 1. The standard InChI is InChI=1S/C15H14O5/c1-3-12-14(20-12)8-6-11(16)13-7-4-10(19-13)5-9-15(17)18-2/h4-5,7,9,12,14H,3H2,1-2H3/b9-5+/t12-,14+/m0/s1. The van der Waals surface area contributed by atoms with E-state index < -0.39 is 11.8 Å². The lowest BCUT2D eigenvalue weighted by atomic mass is 10.2. The van der Waals surface area contributed by atoms with E-state index in [4.69, 9.17) is 9.15 Å². The fourth-order valence-electron chi connectivity index (χ4n) is 1.56. The minimum atomic E-state index is -0.495. The monoisotopic (exact) mass is 274 g/mol. The molecule has 0 N–H and O–H groups in total. The summed E-state index contributed by atoms with van der Waals surface area (Å²) in [6, 6.07) is 3.09. The van der Waals surface area contributed by atoms with Crippen molar-refractivity contribution in [2.24, 2.45) is 0 Å². The molecule has 0 aromatic carbocycles. The Morgan fingerprint density at radius 2 is 2.25 bits per heavy atom. The number of ether oxygens (including phenoxy) is 2. The van der Waals surface area contributed by atoms with Crippen LogP contribution in [0.2, 0.25) is 0 Å². The van der Waals surface area contributed by atoms with Crippen LogP contribution in [0.5, 0.6) is 0 Å². The SMILES string of the molecule is CC[C@@H]1O[C@@H]1C#CC(=O)c1ccc(/C=C/C(=O)OC)o1. The van der Waals surface area contributed by atoms with Crippen molar-refractivity contribution in [1.82, 2.24) is 0 Å². The van der Waals surface area contributed by atoms with Gasteiger partial charge in [-0.05, 0) is 30.6 Å². The number of Topliss-reactive ketones (excluding diaryl/α,β-unsaturated/α-hetero) is 1. The van der Waals surface area contributed by atoms with Crippen LogP contribution in [-0.2, 0) is 14.3 Å². The van der Waals surface area contributed by atoms with E-state index in [1.807, 2.05) is 6.92 Å². The fraction of sp³-hybridized carbons (Fsp3) is 0.333. The summed E-state index contributed by atoms with van der Waals surface area (Å²) in [5, 5.41) is 0. The molecule has 0 bridgehead atoms. The zero-order chi connectivity index (χ0) is 14.5. The summed E-state index contributed by atoms with van der Waals surface area (Å²) in [6.45, 7) is 2.00. The molecule has 0 unspecified atom stereocenters. The van der Waals surface area contributed by atoms with Gasteiger partial charge < -0.3 is 13.9 Å². The molecule has 2 atom stereocenters. The van der Waals surface area contributed by atoms with Crippen LogP contribution in [0.1, 0.15) is 29.7 Å². The molecule has 0 saturated carbocycles. The molecule has 1 aliphatic rings. The number of hydrogen-bond acceptors (Lipinski definition) is 5. The van der Waals surface area contributed by atoms with Crippen LogP contribution in [0, 0.1) is 11.8 Å². The van der Waals surface area contributed by atoms with Gasteiger partial charge >= 0.3 is 5.97 Å². The van der Waals surface area contributed by atoms with Crippen molar-refractivity contribution >= 4 is 17.8 Å². The van der Waals surface area contributed by atoms with E-state index in [9.17, 15) is 9.59 Å². The van der Waals surface area contributed by atoms with E-state index in [2.05, 4.69) is 16.6 Å². The Balaban J connectivity index is 1.96. The van der Waals surface area contributed by atoms with Crippen molar-refractivity contribution in [3.05, 3.63) is 29.7 Å². The molecule has 1 saturated heterocycles. The molecule has 0 radical (unpaired) electrons. The highest BCUT2D eigenvalue weighted by Crippen LogP contribution is 2.23. The predicted octanol–water partition coefficient (Wildman–Crippen LogP) is 1.83. The lowest BCUT2D eigenvalue weighted by Crippen LogP contribution is -1.94. The highest BCUT2D eigenvalue weighted by molar-refractivity contribution is 6.07. The molecule has 1 aliphatic heterocycles. The van der Waals surface area contributed by atoms with Crippen molar-refractivity contribution in [3.8, 4) is 11.8 Å². The first-order valence-corrected chi connectivity index (χ1v) is 6.21. The molecule has 5 nitrogen and oxygen atoms in total. The average molecular weight is 274 g/mol. The number of ketones is 1. The molecule has 2 rings (SSSR count). The Kier molecular flexibility index (Phi) is 4.38. The first kappa shape index (κ1) is 14.1. The normalized spacial score (nSPS) is 20.3. The number of hydrogen-bond donors (Lipinski definition) is 0. The quantitative estimate of drug-likeness (QED) is 0.209. The van der Waals surface area contributed by atoms with Crippen LogP contribution in [0.25, 0.3) is 6.08 Å². The largest absolute Gasteiger partial charge is 0.466 e. The van der Waals surface area contributed by atoms with Gasteiger partial charge in [-0.25, -0.2) is 4.79 Å². The highest BCUT2D eigenvalue weighted by atomic mass is 16.6. The van der Waals surface area contributed by atoms with E-state index in [0.717, 1.165) is 6.42 Å². The maximum absolute atomic E-state index is 11.7.